The number of nitrogens with one attached hydrogen (secondary N) is 1. The van der Waals surface area contributed by atoms with Crippen LogP contribution >= 0.6 is 0 Å². The lowest BCUT2D eigenvalue weighted by Gasteiger charge is -2.35. The minimum absolute atomic E-state index is 0.177. The summed E-state index contributed by atoms with van der Waals surface area (Å²) in [5.41, 5.74) is 8.89. The van der Waals surface area contributed by atoms with Crippen molar-refractivity contribution in [2.75, 3.05) is 11.6 Å². The Morgan fingerprint density at radius 3 is 2.62 bits per heavy atom. The lowest BCUT2D eigenvalue weighted by atomic mass is 9.74. The Hall–Kier alpha value is -3.85. The number of nitrogens with two attached hydrogens (primary N) is 1. The maximum Gasteiger partial charge on any atom is 0.244 e. The van der Waals surface area contributed by atoms with Gasteiger partial charge in [-0.25, -0.2) is 18.4 Å². The third-order valence-electron chi connectivity index (χ3n) is 5.97. The van der Waals surface area contributed by atoms with Crippen LogP contribution in [0.3, 0.4) is 0 Å². The first-order valence-electron chi connectivity index (χ1n) is 10.6. The quantitative estimate of drug-likeness (QED) is 0.557. The number of hydrogen-bond donors (Lipinski definition) is 2. The number of carbonyl (C=O) groups excluding carboxylic acids is 1. The summed E-state index contributed by atoms with van der Waals surface area (Å²) in [5, 5.41) is 3.25. The number of hydrogen-bond acceptors (Lipinski definition) is 7. The average molecular weight is 476 g/mol. The van der Waals surface area contributed by atoms with Crippen LogP contribution in [0.2, 0.25) is 0 Å². The van der Waals surface area contributed by atoms with Gasteiger partial charge in [-0.1, -0.05) is 25.1 Å². The van der Waals surface area contributed by atoms with Gasteiger partial charge in [-0.2, -0.15) is 0 Å². The molecule has 1 aromatic carbocycles. The Balaban J connectivity index is 1.74. The number of aromatic nitrogens is 3. The molecule has 2 heterocycles. The lowest BCUT2D eigenvalue weighted by molar-refractivity contribution is -0.114. The molecule has 0 saturated heterocycles. The van der Waals surface area contributed by atoms with Crippen molar-refractivity contribution in [2.45, 2.75) is 25.7 Å². The molecule has 8 nitrogen and oxygen atoms in total. The molecule has 2 aromatic heterocycles. The molecule has 0 saturated carbocycles. The number of anilines is 2. The van der Waals surface area contributed by atoms with Gasteiger partial charge in [0.25, 0.3) is 0 Å². The first-order valence-corrected chi connectivity index (χ1v) is 12.5. The van der Waals surface area contributed by atoms with Gasteiger partial charge >= 0.3 is 0 Å². The van der Waals surface area contributed by atoms with Crippen LogP contribution in [0.1, 0.15) is 24.5 Å². The van der Waals surface area contributed by atoms with E-state index in [4.69, 9.17) is 5.73 Å². The fourth-order valence-corrected chi connectivity index (χ4v) is 5.47. The van der Waals surface area contributed by atoms with Crippen molar-refractivity contribution in [1.29, 1.82) is 0 Å². The van der Waals surface area contributed by atoms with Crippen molar-refractivity contribution < 1.29 is 13.2 Å². The SMILES string of the molecule is Cc1ccc(C2(C)CC(C(N)=O)=CC=C2S(C)(=O)=O)cc1Nc1nccc(-c2cccnc2)n1. The second kappa shape index (κ2) is 8.83. The highest BCUT2D eigenvalue weighted by molar-refractivity contribution is 7.94. The molecule has 1 amide bonds. The van der Waals surface area contributed by atoms with Crippen molar-refractivity contribution in [3.63, 3.8) is 0 Å². The van der Waals surface area contributed by atoms with Crippen molar-refractivity contribution >= 4 is 27.4 Å². The zero-order valence-electron chi connectivity index (χ0n) is 19.1. The largest absolute Gasteiger partial charge is 0.366 e. The van der Waals surface area contributed by atoms with Crippen LogP contribution in [0, 0.1) is 6.92 Å². The van der Waals surface area contributed by atoms with Crippen LogP contribution < -0.4 is 11.1 Å². The Morgan fingerprint density at radius 1 is 1.15 bits per heavy atom. The summed E-state index contributed by atoms with van der Waals surface area (Å²) in [6.45, 7) is 3.74. The summed E-state index contributed by atoms with van der Waals surface area (Å²) in [4.78, 5) is 25.2. The maximum atomic E-state index is 12.6. The predicted octanol–water partition coefficient (Wildman–Crippen LogP) is 3.59. The van der Waals surface area contributed by atoms with E-state index in [0.29, 0.717) is 11.5 Å². The van der Waals surface area contributed by atoms with Gasteiger partial charge in [0.1, 0.15) is 0 Å². The van der Waals surface area contributed by atoms with E-state index >= 15 is 0 Å². The second-order valence-corrected chi connectivity index (χ2v) is 10.5. The molecule has 4 rings (SSSR count). The molecular formula is C25H25N5O3S. The Morgan fingerprint density at radius 2 is 1.94 bits per heavy atom. The highest BCUT2D eigenvalue weighted by atomic mass is 32.2. The summed E-state index contributed by atoms with van der Waals surface area (Å²) < 4.78 is 25.2. The zero-order valence-corrected chi connectivity index (χ0v) is 19.9. The van der Waals surface area contributed by atoms with E-state index < -0.39 is 21.2 Å². The summed E-state index contributed by atoms with van der Waals surface area (Å²) >= 11 is 0. The van der Waals surface area contributed by atoms with Crippen molar-refractivity contribution in [3.05, 3.63) is 88.7 Å². The molecule has 3 aromatic rings. The molecule has 0 aliphatic heterocycles. The number of aryl methyl sites for hydroxylation is 1. The van der Waals surface area contributed by atoms with Crippen LogP contribution in [0.4, 0.5) is 11.6 Å². The first-order chi connectivity index (χ1) is 16.1. The van der Waals surface area contributed by atoms with Crippen LogP contribution in [-0.4, -0.2) is 35.5 Å². The van der Waals surface area contributed by atoms with Gasteiger partial charge in [0, 0.05) is 47.1 Å². The lowest BCUT2D eigenvalue weighted by Crippen LogP contribution is -2.34. The maximum absolute atomic E-state index is 12.6. The molecular weight excluding hydrogens is 450 g/mol. The number of allylic oxidation sites excluding steroid dienone is 3. The Kier molecular flexibility index (Phi) is 6.05. The standard InChI is InChI=1S/C25H25N5O3S/c1-16-6-8-19(25(2)14-17(23(26)31)7-9-22(25)34(3,32)33)13-21(16)30-24-28-12-10-20(29-24)18-5-4-11-27-15-18/h4-13,15H,14H2,1-3H3,(H2,26,31)(H,28,29,30). The van der Waals surface area contributed by atoms with E-state index in [1.165, 1.54) is 18.4 Å². The number of benzene rings is 1. The number of rotatable bonds is 6. The van der Waals surface area contributed by atoms with E-state index in [2.05, 4.69) is 20.3 Å². The molecule has 0 spiro atoms. The van der Waals surface area contributed by atoms with Crippen LogP contribution in [-0.2, 0) is 20.0 Å². The van der Waals surface area contributed by atoms with Gasteiger partial charge in [0.05, 0.1) is 10.6 Å². The molecule has 0 bridgehead atoms. The van der Waals surface area contributed by atoms with E-state index in [1.54, 1.807) is 24.7 Å². The molecule has 0 fully saturated rings. The average Bonchev–Trinajstić information content (AvgIpc) is 2.80. The van der Waals surface area contributed by atoms with E-state index in [-0.39, 0.29) is 11.3 Å². The third-order valence-corrected chi connectivity index (χ3v) is 7.36. The molecule has 174 valence electrons. The Bertz CT molecular complexity index is 1430. The monoisotopic (exact) mass is 475 g/mol. The number of nitrogens with zero attached hydrogens (tertiary/aromatic N) is 3. The number of sulfone groups is 1. The summed E-state index contributed by atoms with van der Waals surface area (Å²) in [5.74, 6) is -0.173. The van der Waals surface area contributed by atoms with E-state index in [0.717, 1.165) is 28.1 Å². The van der Waals surface area contributed by atoms with Gasteiger partial charge in [0.15, 0.2) is 9.84 Å². The fraction of sp³-hybridized carbons (Fsp3) is 0.200. The molecule has 1 atom stereocenters. The highest BCUT2D eigenvalue weighted by Gasteiger charge is 2.40. The fourth-order valence-electron chi connectivity index (χ4n) is 4.15. The molecule has 1 unspecified atom stereocenters. The van der Waals surface area contributed by atoms with E-state index in [9.17, 15) is 13.2 Å². The molecule has 1 aliphatic carbocycles. The molecule has 1 aliphatic rings. The van der Waals surface area contributed by atoms with Gasteiger partial charge < -0.3 is 11.1 Å². The molecule has 3 N–H and O–H groups in total. The number of primary amides is 1. The van der Waals surface area contributed by atoms with Gasteiger partial charge in [-0.3, -0.25) is 9.78 Å². The van der Waals surface area contributed by atoms with Crippen molar-refractivity contribution in [2.24, 2.45) is 5.73 Å². The molecule has 0 radical (unpaired) electrons. The minimum Gasteiger partial charge on any atom is -0.366 e. The summed E-state index contributed by atoms with van der Waals surface area (Å²) in [7, 11) is -3.54. The smallest absolute Gasteiger partial charge is 0.244 e. The van der Waals surface area contributed by atoms with Crippen molar-refractivity contribution in [1.82, 2.24) is 15.0 Å². The normalized spacial score (nSPS) is 18.1. The second-order valence-electron chi connectivity index (χ2n) is 8.53. The minimum atomic E-state index is -3.54. The van der Waals surface area contributed by atoms with Gasteiger partial charge in [-0.05, 0) is 54.8 Å². The molecule has 9 heteroatoms. The van der Waals surface area contributed by atoms with Gasteiger partial charge in [-0.15, -0.1) is 0 Å². The highest BCUT2D eigenvalue weighted by Crippen LogP contribution is 2.44. The summed E-state index contributed by atoms with van der Waals surface area (Å²) in [6, 6.07) is 11.2. The number of carbonyl (C=O) groups is 1. The predicted molar refractivity (Wildman–Crippen MR) is 132 cm³/mol. The zero-order chi connectivity index (χ0) is 24.5. The van der Waals surface area contributed by atoms with Crippen LogP contribution in [0.25, 0.3) is 11.3 Å². The van der Waals surface area contributed by atoms with Crippen LogP contribution in [0.5, 0.6) is 0 Å². The van der Waals surface area contributed by atoms with Crippen molar-refractivity contribution in [3.8, 4) is 11.3 Å². The van der Waals surface area contributed by atoms with Gasteiger partial charge in [0.2, 0.25) is 11.9 Å². The Labute approximate surface area is 198 Å². The van der Waals surface area contributed by atoms with E-state index in [1.807, 2.05) is 44.2 Å². The number of amides is 1. The first kappa shape index (κ1) is 23.3. The number of pyridine rings is 1. The third kappa shape index (κ3) is 4.60. The van der Waals surface area contributed by atoms with Crippen LogP contribution in [0.15, 0.2) is 77.6 Å². The molecule has 34 heavy (non-hydrogen) atoms. The topological polar surface area (TPSA) is 128 Å². The summed E-state index contributed by atoms with van der Waals surface area (Å²) in [6.07, 6.45) is 9.40.